The summed E-state index contributed by atoms with van der Waals surface area (Å²) < 4.78 is 5.30. The Morgan fingerprint density at radius 1 is 1.19 bits per heavy atom. The van der Waals surface area contributed by atoms with E-state index in [2.05, 4.69) is 15.2 Å². The second kappa shape index (κ2) is 8.75. The third-order valence-electron chi connectivity index (χ3n) is 5.75. The molecule has 0 saturated carbocycles. The first-order chi connectivity index (χ1) is 15.0. The number of amides is 1. The van der Waals surface area contributed by atoms with Gasteiger partial charge in [0.25, 0.3) is 5.91 Å². The normalized spacial score (nSPS) is 16.3. The zero-order valence-electron chi connectivity index (χ0n) is 18.4. The maximum atomic E-state index is 13.4. The second-order valence-electron chi connectivity index (χ2n) is 8.01. The van der Waals surface area contributed by atoms with E-state index in [1.165, 1.54) is 0 Å². The zero-order chi connectivity index (χ0) is 22.0. The molecule has 3 aromatic rings. The zero-order valence-corrected chi connectivity index (χ0v) is 18.4. The van der Waals surface area contributed by atoms with Crippen molar-refractivity contribution in [2.24, 2.45) is 0 Å². The number of aromatic amines is 1. The molecule has 1 aromatic carbocycles. The molecule has 1 saturated heterocycles. The number of aromatic nitrogens is 4. The van der Waals surface area contributed by atoms with Gasteiger partial charge in [-0.2, -0.15) is 5.10 Å². The Bertz CT molecular complexity index is 1060. The van der Waals surface area contributed by atoms with E-state index < -0.39 is 0 Å². The summed E-state index contributed by atoms with van der Waals surface area (Å²) in [6.45, 7) is 2.56. The first-order valence-corrected chi connectivity index (χ1v) is 10.5. The summed E-state index contributed by atoms with van der Waals surface area (Å²) in [5.41, 5.74) is 4.19. The number of hydrogen-bond donors (Lipinski definition) is 1. The van der Waals surface area contributed by atoms with Crippen molar-refractivity contribution in [1.82, 2.24) is 25.1 Å². The largest absolute Gasteiger partial charge is 0.497 e. The standard InChI is InChI=1S/C23H28N6O2/c1-15-18(14-25-27-15)22(30)29-12-6-5-7-20(29)21-19(13-24-23(26-21)28(2)3)16-8-10-17(31-4)11-9-16/h8-11,13-14,20H,5-7,12H2,1-4H3,(H,25,27). The average Bonchev–Trinajstić information content (AvgIpc) is 3.24. The van der Waals surface area contributed by atoms with Crippen LogP contribution in [0.2, 0.25) is 0 Å². The highest BCUT2D eigenvalue weighted by atomic mass is 16.5. The summed E-state index contributed by atoms with van der Waals surface area (Å²) in [5.74, 6) is 1.41. The van der Waals surface area contributed by atoms with Crippen LogP contribution < -0.4 is 9.64 Å². The van der Waals surface area contributed by atoms with Gasteiger partial charge >= 0.3 is 0 Å². The molecule has 3 heterocycles. The fourth-order valence-corrected chi connectivity index (χ4v) is 4.03. The maximum Gasteiger partial charge on any atom is 0.257 e. The predicted molar refractivity (Wildman–Crippen MR) is 119 cm³/mol. The molecule has 0 spiro atoms. The number of H-pyrrole nitrogens is 1. The van der Waals surface area contributed by atoms with Gasteiger partial charge in [-0.3, -0.25) is 9.89 Å². The van der Waals surface area contributed by atoms with Crippen molar-refractivity contribution in [3.63, 3.8) is 0 Å². The number of benzene rings is 1. The number of anilines is 1. The molecule has 1 unspecified atom stereocenters. The van der Waals surface area contributed by atoms with Crippen LogP contribution in [0, 0.1) is 6.92 Å². The number of rotatable bonds is 5. The van der Waals surface area contributed by atoms with Crippen molar-refractivity contribution in [2.75, 3.05) is 32.6 Å². The van der Waals surface area contributed by atoms with E-state index in [1.807, 2.05) is 61.3 Å². The Morgan fingerprint density at radius 3 is 2.61 bits per heavy atom. The summed E-state index contributed by atoms with van der Waals surface area (Å²) in [5, 5.41) is 6.91. The van der Waals surface area contributed by atoms with Gasteiger partial charge in [-0.15, -0.1) is 0 Å². The summed E-state index contributed by atoms with van der Waals surface area (Å²) in [6.07, 6.45) is 6.35. The molecule has 0 radical (unpaired) electrons. The van der Waals surface area contributed by atoms with E-state index in [-0.39, 0.29) is 11.9 Å². The molecule has 8 nitrogen and oxygen atoms in total. The molecule has 1 aliphatic heterocycles. The number of carbonyl (C=O) groups is 1. The lowest BCUT2D eigenvalue weighted by molar-refractivity contribution is 0.0606. The highest BCUT2D eigenvalue weighted by Crippen LogP contribution is 2.37. The third-order valence-corrected chi connectivity index (χ3v) is 5.75. The molecule has 2 aromatic heterocycles. The SMILES string of the molecule is COc1ccc(-c2cnc(N(C)C)nc2C2CCCCN2C(=O)c2cn[nH]c2C)cc1. The minimum atomic E-state index is -0.130. The molecule has 31 heavy (non-hydrogen) atoms. The van der Waals surface area contributed by atoms with E-state index in [9.17, 15) is 4.79 Å². The van der Waals surface area contributed by atoms with Crippen molar-refractivity contribution >= 4 is 11.9 Å². The highest BCUT2D eigenvalue weighted by molar-refractivity contribution is 5.95. The van der Waals surface area contributed by atoms with E-state index in [4.69, 9.17) is 9.72 Å². The number of nitrogens with zero attached hydrogens (tertiary/aromatic N) is 5. The van der Waals surface area contributed by atoms with Gasteiger partial charge in [0.2, 0.25) is 5.95 Å². The first kappa shape index (κ1) is 20.8. The third kappa shape index (κ3) is 4.10. The molecule has 4 rings (SSSR count). The highest BCUT2D eigenvalue weighted by Gasteiger charge is 2.33. The number of piperidine rings is 1. The Hall–Kier alpha value is -3.42. The molecule has 1 N–H and O–H groups in total. The fourth-order valence-electron chi connectivity index (χ4n) is 4.03. The van der Waals surface area contributed by atoms with Gasteiger partial charge in [0.05, 0.1) is 30.6 Å². The average molecular weight is 421 g/mol. The van der Waals surface area contributed by atoms with Crippen LogP contribution in [-0.4, -0.2) is 58.7 Å². The van der Waals surface area contributed by atoms with Gasteiger partial charge < -0.3 is 14.5 Å². The molecular formula is C23H28N6O2. The number of ether oxygens (including phenoxy) is 1. The molecule has 1 fully saturated rings. The summed E-state index contributed by atoms with van der Waals surface area (Å²) >= 11 is 0. The summed E-state index contributed by atoms with van der Waals surface area (Å²) in [4.78, 5) is 26.7. The van der Waals surface area contributed by atoms with Crippen LogP contribution in [-0.2, 0) is 0 Å². The monoisotopic (exact) mass is 420 g/mol. The van der Waals surface area contributed by atoms with Crippen molar-refractivity contribution in [3.8, 4) is 16.9 Å². The van der Waals surface area contributed by atoms with E-state index in [1.54, 1.807) is 13.3 Å². The van der Waals surface area contributed by atoms with Crippen LogP contribution in [0.25, 0.3) is 11.1 Å². The van der Waals surface area contributed by atoms with Crippen LogP contribution in [0.1, 0.15) is 47.1 Å². The van der Waals surface area contributed by atoms with Gasteiger partial charge in [-0.25, -0.2) is 9.97 Å². The lowest BCUT2D eigenvalue weighted by Gasteiger charge is -2.36. The van der Waals surface area contributed by atoms with Gasteiger partial charge in [-0.1, -0.05) is 12.1 Å². The topological polar surface area (TPSA) is 87.2 Å². The Kier molecular flexibility index (Phi) is 5.88. The number of hydrogen-bond acceptors (Lipinski definition) is 6. The van der Waals surface area contributed by atoms with Crippen molar-refractivity contribution in [2.45, 2.75) is 32.2 Å². The van der Waals surface area contributed by atoms with E-state index in [0.29, 0.717) is 18.1 Å². The fraction of sp³-hybridized carbons (Fsp3) is 0.391. The van der Waals surface area contributed by atoms with Crippen LogP contribution in [0.5, 0.6) is 5.75 Å². The molecule has 0 bridgehead atoms. The Labute approximate surface area is 182 Å². The first-order valence-electron chi connectivity index (χ1n) is 10.5. The number of carbonyl (C=O) groups excluding carboxylic acids is 1. The molecule has 1 amide bonds. The summed E-state index contributed by atoms with van der Waals surface area (Å²) in [7, 11) is 5.49. The van der Waals surface area contributed by atoms with Crippen LogP contribution >= 0.6 is 0 Å². The molecular weight excluding hydrogens is 392 g/mol. The van der Waals surface area contributed by atoms with Crippen LogP contribution in [0.4, 0.5) is 5.95 Å². The molecule has 162 valence electrons. The predicted octanol–water partition coefficient (Wildman–Crippen LogP) is 3.62. The second-order valence-corrected chi connectivity index (χ2v) is 8.01. The summed E-state index contributed by atoms with van der Waals surface area (Å²) in [6, 6.07) is 7.74. The Balaban J connectivity index is 1.80. The van der Waals surface area contributed by atoms with Crippen molar-refractivity contribution in [3.05, 3.63) is 53.6 Å². The molecule has 1 aliphatic rings. The molecule has 8 heteroatoms. The smallest absolute Gasteiger partial charge is 0.257 e. The number of likely N-dealkylation sites (tertiary alicyclic amines) is 1. The lowest BCUT2D eigenvalue weighted by Crippen LogP contribution is -2.39. The van der Waals surface area contributed by atoms with Gasteiger partial charge in [0.1, 0.15) is 5.75 Å². The van der Waals surface area contributed by atoms with Gasteiger partial charge in [-0.05, 0) is 43.9 Å². The number of methoxy groups -OCH3 is 1. The van der Waals surface area contributed by atoms with E-state index >= 15 is 0 Å². The van der Waals surface area contributed by atoms with Crippen molar-refractivity contribution < 1.29 is 9.53 Å². The number of nitrogens with one attached hydrogen (secondary N) is 1. The Morgan fingerprint density at radius 2 is 1.97 bits per heavy atom. The minimum absolute atomic E-state index is 0.0124. The van der Waals surface area contributed by atoms with Gasteiger partial charge in [0.15, 0.2) is 0 Å². The molecule has 1 atom stereocenters. The van der Waals surface area contributed by atoms with Gasteiger partial charge in [0, 0.05) is 38.1 Å². The number of aryl methyl sites for hydroxylation is 1. The minimum Gasteiger partial charge on any atom is -0.497 e. The van der Waals surface area contributed by atoms with E-state index in [0.717, 1.165) is 47.5 Å². The van der Waals surface area contributed by atoms with Crippen LogP contribution in [0.3, 0.4) is 0 Å². The van der Waals surface area contributed by atoms with Crippen LogP contribution in [0.15, 0.2) is 36.7 Å². The maximum absolute atomic E-state index is 13.4. The quantitative estimate of drug-likeness (QED) is 0.678. The lowest BCUT2D eigenvalue weighted by atomic mass is 9.93. The van der Waals surface area contributed by atoms with Crippen molar-refractivity contribution in [1.29, 1.82) is 0 Å². The molecule has 0 aliphatic carbocycles.